The maximum atomic E-state index is 5.93. The zero-order valence-corrected chi connectivity index (χ0v) is 12.5. The number of hydrogen-bond acceptors (Lipinski definition) is 5. The predicted molar refractivity (Wildman–Crippen MR) is 80.1 cm³/mol. The van der Waals surface area contributed by atoms with Crippen molar-refractivity contribution in [1.29, 1.82) is 0 Å². The van der Waals surface area contributed by atoms with Crippen molar-refractivity contribution in [3.63, 3.8) is 0 Å². The molecule has 4 nitrogen and oxygen atoms in total. The molecule has 0 aliphatic heterocycles. The summed E-state index contributed by atoms with van der Waals surface area (Å²) in [5.74, 6) is 1.74. The number of thioether (sulfide) groups is 1. The predicted octanol–water partition coefficient (Wildman–Crippen LogP) is 2.81. The maximum Gasteiger partial charge on any atom is 0.120 e. The lowest BCUT2D eigenvalue weighted by Gasteiger charge is -2.09. The molecule has 1 rings (SSSR count). The van der Waals surface area contributed by atoms with E-state index in [1.165, 1.54) is 0 Å². The van der Waals surface area contributed by atoms with Crippen LogP contribution in [0.2, 0.25) is 0 Å². The van der Waals surface area contributed by atoms with Crippen LogP contribution in [0, 0.1) is 0 Å². The van der Waals surface area contributed by atoms with E-state index in [2.05, 4.69) is 0 Å². The summed E-state index contributed by atoms with van der Waals surface area (Å²) in [5, 5.41) is 0. The molecule has 0 heterocycles. The lowest BCUT2D eigenvalue weighted by Crippen LogP contribution is -2.02. The number of benzene rings is 1. The van der Waals surface area contributed by atoms with Crippen molar-refractivity contribution < 1.29 is 14.2 Å². The van der Waals surface area contributed by atoms with Crippen LogP contribution in [0.25, 0.3) is 0 Å². The van der Waals surface area contributed by atoms with Crippen LogP contribution in [0.5, 0.6) is 5.75 Å². The van der Waals surface area contributed by atoms with Crippen molar-refractivity contribution in [3.05, 3.63) is 18.2 Å². The summed E-state index contributed by atoms with van der Waals surface area (Å²) in [6.07, 6.45) is 0.934. The Labute approximate surface area is 119 Å². The van der Waals surface area contributed by atoms with Crippen LogP contribution in [-0.4, -0.2) is 39.3 Å². The maximum absolute atomic E-state index is 5.93. The van der Waals surface area contributed by atoms with Gasteiger partial charge in [-0.2, -0.15) is 0 Å². The summed E-state index contributed by atoms with van der Waals surface area (Å²) >= 11 is 1.69. The molecule has 1 aromatic rings. The van der Waals surface area contributed by atoms with Gasteiger partial charge in [-0.3, -0.25) is 0 Å². The molecule has 0 atom stereocenters. The van der Waals surface area contributed by atoms with E-state index in [0.29, 0.717) is 13.2 Å². The monoisotopic (exact) mass is 285 g/mol. The van der Waals surface area contributed by atoms with Gasteiger partial charge in [0.1, 0.15) is 5.75 Å². The van der Waals surface area contributed by atoms with E-state index in [1.54, 1.807) is 18.9 Å². The number of rotatable bonds is 10. The Morgan fingerprint density at radius 1 is 1.21 bits per heavy atom. The second kappa shape index (κ2) is 9.95. The molecule has 108 valence electrons. The van der Waals surface area contributed by atoms with Gasteiger partial charge in [0, 0.05) is 36.7 Å². The summed E-state index contributed by atoms with van der Waals surface area (Å²) < 4.78 is 15.9. The van der Waals surface area contributed by atoms with Crippen LogP contribution in [-0.2, 0) is 9.47 Å². The third-order valence-electron chi connectivity index (χ3n) is 2.42. The molecular weight excluding hydrogens is 262 g/mol. The molecule has 1 aromatic carbocycles. The Bertz CT molecular complexity index is 361. The van der Waals surface area contributed by atoms with Crippen LogP contribution < -0.4 is 10.5 Å². The molecule has 0 radical (unpaired) electrons. The molecular formula is C14H23NO3S. The zero-order valence-electron chi connectivity index (χ0n) is 11.7. The molecule has 0 aliphatic carbocycles. The second-order valence-electron chi connectivity index (χ2n) is 3.94. The largest absolute Gasteiger partial charge is 0.494 e. The van der Waals surface area contributed by atoms with Gasteiger partial charge in [0.2, 0.25) is 0 Å². The Kier molecular flexibility index (Phi) is 8.45. The van der Waals surface area contributed by atoms with E-state index >= 15 is 0 Å². The smallest absolute Gasteiger partial charge is 0.120 e. The van der Waals surface area contributed by atoms with Crippen LogP contribution in [0.1, 0.15) is 13.3 Å². The van der Waals surface area contributed by atoms with Crippen LogP contribution in [0.4, 0.5) is 5.69 Å². The summed E-state index contributed by atoms with van der Waals surface area (Å²) in [5.41, 5.74) is 6.72. The molecule has 0 fully saturated rings. The molecule has 0 aromatic heterocycles. The first kappa shape index (κ1) is 16.1. The fraction of sp³-hybridized carbons (Fsp3) is 0.571. The summed E-state index contributed by atoms with van der Waals surface area (Å²) in [7, 11) is 1.70. The van der Waals surface area contributed by atoms with Gasteiger partial charge in [-0.15, -0.1) is 11.8 Å². The fourth-order valence-corrected chi connectivity index (χ4v) is 2.37. The minimum absolute atomic E-state index is 0.663. The Hall–Kier alpha value is -0.910. The van der Waals surface area contributed by atoms with E-state index < -0.39 is 0 Å². The van der Waals surface area contributed by atoms with Crippen molar-refractivity contribution in [1.82, 2.24) is 0 Å². The number of ether oxygens (including phenoxy) is 3. The molecule has 0 amide bonds. The first-order chi connectivity index (χ1) is 9.27. The van der Waals surface area contributed by atoms with Crippen molar-refractivity contribution in [3.8, 4) is 5.75 Å². The van der Waals surface area contributed by atoms with Crippen molar-refractivity contribution in [2.45, 2.75) is 18.2 Å². The van der Waals surface area contributed by atoms with Gasteiger partial charge in [-0.25, -0.2) is 0 Å². The van der Waals surface area contributed by atoms with Crippen molar-refractivity contribution in [2.75, 3.05) is 45.0 Å². The second-order valence-corrected chi connectivity index (χ2v) is 5.08. The van der Waals surface area contributed by atoms with E-state index in [-0.39, 0.29) is 0 Å². The Morgan fingerprint density at radius 2 is 2.05 bits per heavy atom. The number of anilines is 1. The summed E-state index contributed by atoms with van der Waals surface area (Å²) in [4.78, 5) is 1.05. The third-order valence-corrected chi connectivity index (χ3v) is 3.45. The zero-order chi connectivity index (χ0) is 13.9. The highest BCUT2D eigenvalue weighted by molar-refractivity contribution is 7.99. The van der Waals surface area contributed by atoms with Gasteiger partial charge < -0.3 is 19.9 Å². The molecule has 2 N–H and O–H groups in total. The standard InChI is InChI=1S/C14H23NO3S/c1-3-18-12-5-6-13(15)14(11-12)19-10-9-17-8-4-7-16-2/h5-6,11H,3-4,7-10,15H2,1-2H3. The minimum Gasteiger partial charge on any atom is -0.494 e. The number of nitrogen functional groups attached to an aromatic ring is 1. The van der Waals surface area contributed by atoms with Crippen molar-refractivity contribution >= 4 is 17.4 Å². The molecule has 0 bridgehead atoms. The summed E-state index contributed by atoms with van der Waals surface area (Å²) in [6, 6.07) is 5.76. The van der Waals surface area contributed by atoms with Gasteiger partial charge in [0.05, 0.1) is 13.2 Å². The number of nitrogens with two attached hydrogens (primary N) is 1. The lowest BCUT2D eigenvalue weighted by atomic mass is 10.3. The SMILES string of the molecule is CCOc1ccc(N)c(SCCOCCCOC)c1. The molecule has 0 spiro atoms. The molecule has 19 heavy (non-hydrogen) atoms. The average Bonchev–Trinajstić information content (AvgIpc) is 2.41. The lowest BCUT2D eigenvalue weighted by molar-refractivity contribution is 0.113. The summed E-state index contributed by atoms with van der Waals surface area (Å²) in [6.45, 7) is 4.83. The topological polar surface area (TPSA) is 53.7 Å². The van der Waals surface area contributed by atoms with Crippen molar-refractivity contribution in [2.24, 2.45) is 0 Å². The van der Waals surface area contributed by atoms with E-state index in [0.717, 1.165) is 41.7 Å². The normalized spacial score (nSPS) is 10.6. The van der Waals surface area contributed by atoms with E-state index in [4.69, 9.17) is 19.9 Å². The molecule has 0 saturated carbocycles. The van der Waals surface area contributed by atoms with E-state index in [1.807, 2.05) is 25.1 Å². The number of methoxy groups -OCH3 is 1. The minimum atomic E-state index is 0.663. The molecule has 0 unspecified atom stereocenters. The molecule has 5 heteroatoms. The van der Waals surface area contributed by atoms with Crippen LogP contribution in [0.3, 0.4) is 0 Å². The highest BCUT2D eigenvalue weighted by Crippen LogP contribution is 2.29. The first-order valence-electron chi connectivity index (χ1n) is 6.49. The van der Waals surface area contributed by atoms with Gasteiger partial charge in [0.15, 0.2) is 0 Å². The van der Waals surface area contributed by atoms with Gasteiger partial charge in [0.25, 0.3) is 0 Å². The highest BCUT2D eigenvalue weighted by atomic mass is 32.2. The molecule has 0 aliphatic rings. The molecule has 0 saturated heterocycles. The third kappa shape index (κ3) is 6.71. The fourth-order valence-electron chi connectivity index (χ4n) is 1.51. The Balaban J connectivity index is 2.26. The number of hydrogen-bond donors (Lipinski definition) is 1. The average molecular weight is 285 g/mol. The Morgan fingerprint density at radius 3 is 2.79 bits per heavy atom. The van der Waals surface area contributed by atoms with Gasteiger partial charge in [-0.1, -0.05) is 0 Å². The van der Waals surface area contributed by atoms with Gasteiger partial charge >= 0.3 is 0 Å². The highest BCUT2D eigenvalue weighted by Gasteiger charge is 2.02. The van der Waals surface area contributed by atoms with E-state index in [9.17, 15) is 0 Å². The van der Waals surface area contributed by atoms with Gasteiger partial charge in [-0.05, 0) is 31.5 Å². The van der Waals surface area contributed by atoms with Crippen LogP contribution in [0.15, 0.2) is 23.1 Å². The van der Waals surface area contributed by atoms with Crippen LogP contribution >= 0.6 is 11.8 Å². The quantitative estimate of drug-likeness (QED) is 0.407. The first-order valence-corrected chi connectivity index (χ1v) is 7.48.